The first-order chi connectivity index (χ1) is 10.7. The van der Waals surface area contributed by atoms with Gasteiger partial charge in [0, 0.05) is 44.8 Å². The maximum absolute atomic E-state index is 12.4. The fourth-order valence-corrected chi connectivity index (χ4v) is 3.08. The normalized spacial score (nSPS) is 23.3. The zero-order valence-electron chi connectivity index (χ0n) is 13.2. The van der Waals surface area contributed by atoms with Crippen LogP contribution in [0.15, 0.2) is 18.3 Å². The first kappa shape index (κ1) is 15.3. The number of hydrogen-bond acceptors (Lipinski definition) is 4. The number of ether oxygens (including phenoxy) is 2. The molecule has 2 saturated heterocycles. The average molecular weight is 304 g/mol. The number of hydrogen-bond donors (Lipinski definition) is 0. The molecule has 1 atom stereocenters. The van der Waals surface area contributed by atoms with E-state index in [1.165, 1.54) is 0 Å². The second-order valence-corrected chi connectivity index (χ2v) is 6.23. The molecule has 0 saturated carbocycles. The van der Waals surface area contributed by atoms with E-state index < -0.39 is 0 Å². The Labute approximate surface area is 131 Å². The summed E-state index contributed by atoms with van der Waals surface area (Å²) < 4.78 is 11.3. The second-order valence-electron chi connectivity index (χ2n) is 6.23. The summed E-state index contributed by atoms with van der Waals surface area (Å²) in [5.41, 5.74) is 1.13. The van der Waals surface area contributed by atoms with Crippen LogP contribution in [0.1, 0.15) is 31.2 Å². The van der Waals surface area contributed by atoms with Crippen molar-refractivity contribution < 1.29 is 14.3 Å². The predicted octanol–water partition coefficient (Wildman–Crippen LogP) is 2.19. The third kappa shape index (κ3) is 3.77. The molecule has 0 spiro atoms. The lowest BCUT2D eigenvalue weighted by molar-refractivity contribution is -0.141. The quantitative estimate of drug-likeness (QED) is 0.859. The van der Waals surface area contributed by atoms with Gasteiger partial charge in [0.2, 0.25) is 11.8 Å². The van der Waals surface area contributed by atoms with Crippen LogP contribution in [0, 0.1) is 12.8 Å². The van der Waals surface area contributed by atoms with Gasteiger partial charge in [0.05, 0.1) is 12.5 Å². The van der Waals surface area contributed by atoms with E-state index in [4.69, 9.17) is 9.47 Å². The van der Waals surface area contributed by atoms with Gasteiger partial charge < -0.3 is 14.4 Å². The number of pyridine rings is 1. The van der Waals surface area contributed by atoms with Crippen molar-refractivity contribution in [2.75, 3.05) is 26.3 Å². The third-order valence-corrected chi connectivity index (χ3v) is 4.43. The van der Waals surface area contributed by atoms with E-state index in [0.717, 1.165) is 50.9 Å². The number of likely N-dealkylation sites (tertiary alicyclic amines) is 1. The molecular weight excluding hydrogens is 280 g/mol. The van der Waals surface area contributed by atoms with Gasteiger partial charge in [0.25, 0.3) is 0 Å². The fraction of sp³-hybridized carbons (Fsp3) is 0.647. The summed E-state index contributed by atoms with van der Waals surface area (Å²) in [6.45, 7) is 4.93. The summed E-state index contributed by atoms with van der Waals surface area (Å²) >= 11 is 0. The number of rotatable bonds is 3. The smallest absolute Gasteiger partial charge is 0.228 e. The largest absolute Gasteiger partial charge is 0.474 e. The zero-order valence-corrected chi connectivity index (χ0v) is 13.2. The highest BCUT2D eigenvalue weighted by Gasteiger charge is 2.30. The van der Waals surface area contributed by atoms with Crippen LogP contribution in [-0.4, -0.2) is 48.2 Å². The van der Waals surface area contributed by atoms with Crippen molar-refractivity contribution in [2.45, 2.75) is 38.7 Å². The Morgan fingerprint density at radius 1 is 1.32 bits per heavy atom. The van der Waals surface area contributed by atoms with Crippen molar-refractivity contribution in [2.24, 2.45) is 5.92 Å². The summed E-state index contributed by atoms with van der Waals surface area (Å²) in [5.74, 6) is 0.993. The van der Waals surface area contributed by atoms with Crippen molar-refractivity contribution in [3.8, 4) is 5.88 Å². The molecule has 2 aliphatic heterocycles. The third-order valence-electron chi connectivity index (χ3n) is 4.43. The Kier molecular flexibility index (Phi) is 4.93. The van der Waals surface area contributed by atoms with Crippen molar-refractivity contribution in [3.63, 3.8) is 0 Å². The molecule has 2 aliphatic rings. The van der Waals surface area contributed by atoms with E-state index in [2.05, 4.69) is 4.98 Å². The monoisotopic (exact) mass is 304 g/mol. The SMILES string of the molecule is Cc1ccc(OC2CCN(C(=O)[C@@H]3CCCOC3)CC2)nc1. The fourth-order valence-electron chi connectivity index (χ4n) is 3.08. The lowest BCUT2D eigenvalue weighted by Crippen LogP contribution is -2.45. The molecule has 0 bridgehead atoms. The Hall–Kier alpha value is -1.62. The van der Waals surface area contributed by atoms with Crippen LogP contribution in [0.3, 0.4) is 0 Å². The molecule has 1 amide bonds. The lowest BCUT2D eigenvalue weighted by Gasteiger charge is -2.35. The van der Waals surface area contributed by atoms with E-state index in [0.29, 0.717) is 12.5 Å². The average Bonchev–Trinajstić information content (AvgIpc) is 2.58. The molecule has 0 unspecified atom stereocenters. The van der Waals surface area contributed by atoms with Crippen molar-refractivity contribution in [1.82, 2.24) is 9.88 Å². The molecule has 0 N–H and O–H groups in total. The van der Waals surface area contributed by atoms with Gasteiger partial charge in [-0.15, -0.1) is 0 Å². The molecule has 5 nitrogen and oxygen atoms in total. The highest BCUT2D eigenvalue weighted by atomic mass is 16.5. The molecule has 5 heteroatoms. The topological polar surface area (TPSA) is 51.7 Å². The molecular formula is C17H24N2O3. The highest BCUT2D eigenvalue weighted by Crippen LogP contribution is 2.21. The number of aryl methyl sites for hydroxylation is 1. The first-order valence-electron chi connectivity index (χ1n) is 8.18. The summed E-state index contributed by atoms with van der Waals surface area (Å²) in [6, 6.07) is 3.91. The summed E-state index contributed by atoms with van der Waals surface area (Å²) in [5, 5.41) is 0. The van der Waals surface area contributed by atoms with Crippen LogP contribution in [-0.2, 0) is 9.53 Å². The molecule has 0 radical (unpaired) electrons. The van der Waals surface area contributed by atoms with Crippen molar-refractivity contribution >= 4 is 5.91 Å². The maximum Gasteiger partial charge on any atom is 0.228 e. The molecule has 22 heavy (non-hydrogen) atoms. The van der Waals surface area contributed by atoms with Crippen LogP contribution in [0.2, 0.25) is 0 Å². The summed E-state index contributed by atoms with van der Waals surface area (Å²) in [4.78, 5) is 18.7. The number of piperidine rings is 1. The molecule has 3 heterocycles. The van der Waals surface area contributed by atoms with Gasteiger partial charge in [-0.1, -0.05) is 6.07 Å². The van der Waals surface area contributed by atoms with Crippen molar-refractivity contribution in [1.29, 1.82) is 0 Å². The van der Waals surface area contributed by atoms with Gasteiger partial charge in [-0.2, -0.15) is 0 Å². The predicted molar refractivity (Wildman–Crippen MR) is 82.7 cm³/mol. The molecule has 1 aromatic rings. The minimum Gasteiger partial charge on any atom is -0.474 e. The van der Waals surface area contributed by atoms with E-state index >= 15 is 0 Å². The Morgan fingerprint density at radius 2 is 2.14 bits per heavy atom. The highest BCUT2D eigenvalue weighted by molar-refractivity contribution is 5.79. The molecule has 3 rings (SSSR count). The van der Waals surface area contributed by atoms with Crippen molar-refractivity contribution in [3.05, 3.63) is 23.9 Å². The molecule has 2 fully saturated rings. The number of nitrogens with zero attached hydrogens (tertiary/aromatic N) is 2. The van der Waals surface area contributed by atoms with Gasteiger partial charge in [0.1, 0.15) is 6.10 Å². The number of amides is 1. The zero-order chi connectivity index (χ0) is 15.4. The molecule has 0 aromatic carbocycles. The van der Waals surface area contributed by atoms with Gasteiger partial charge >= 0.3 is 0 Å². The van der Waals surface area contributed by atoms with Gasteiger partial charge in [-0.05, 0) is 25.3 Å². The first-order valence-corrected chi connectivity index (χ1v) is 8.18. The van der Waals surface area contributed by atoms with E-state index in [1.807, 2.05) is 30.2 Å². The maximum atomic E-state index is 12.4. The molecule has 0 aliphatic carbocycles. The molecule has 120 valence electrons. The van der Waals surface area contributed by atoms with Gasteiger partial charge in [-0.3, -0.25) is 4.79 Å². The minimum absolute atomic E-state index is 0.0602. The van der Waals surface area contributed by atoms with Crippen LogP contribution in [0.25, 0.3) is 0 Å². The van der Waals surface area contributed by atoms with Gasteiger partial charge in [-0.25, -0.2) is 4.98 Å². The van der Waals surface area contributed by atoms with E-state index in [-0.39, 0.29) is 17.9 Å². The summed E-state index contributed by atoms with van der Waals surface area (Å²) in [6.07, 6.45) is 5.67. The Morgan fingerprint density at radius 3 is 2.77 bits per heavy atom. The standard InChI is InChI=1S/C17H24N2O3/c1-13-4-5-16(18-11-13)22-15-6-8-19(9-7-15)17(20)14-3-2-10-21-12-14/h4-5,11,14-15H,2-3,6-10,12H2,1H3/t14-/m1/s1. The number of aromatic nitrogens is 1. The van der Waals surface area contributed by atoms with Crippen LogP contribution in [0.5, 0.6) is 5.88 Å². The lowest BCUT2D eigenvalue weighted by atomic mass is 9.98. The Bertz CT molecular complexity index is 489. The molecule has 1 aromatic heterocycles. The van der Waals surface area contributed by atoms with Crippen LogP contribution >= 0.6 is 0 Å². The minimum atomic E-state index is 0.0602. The van der Waals surface area contributed by atoms with Gasteiger partial charge in [0.15, 0.2) is 0 Å². The van der Waals surface area contributed by atoms with Crippen LogP contribution < -0.4 is 4.74 Å². The van der Waals surface area contributed by atoms with E-state index in [9.17, 15) is 4.79 Å². The van der Waals surface area contributed by atoms with Crippen LogP contribution in [0.4, 0.5) is 0 Å². The van der Waals surface area contributed by atoms with E-state index in [1.54, 1.807) is 0 Å². The number of carbonyl (C=O) groups excluding carboxylic acids is 1. The summed E-state index contributed by atoms with van der Waals surface area (Å²) in [7, 11) is 0. The second kappa shape index (κ2) is 7.09. The number of carbonyl (C=O) groups is 1. The Balaban J connectivity index is 1.47.